The third-order valence-corrected chi connectivity index (χ3v) is 9.37. The molecule has 0 amide bonds. The van der Waals surface area contributed by atoms with Gasteiger partial charge in [0.2, 0.25) is 0 Å². The lowest BCUT2D eigenvalue weighted by molar-refractivity contribution is 0.0686. The zero-order valence-corrected chi connectivity index (χ0v) is 26.2. The van der Waals surface area contributed by atoms with Crippen molar-refractivity contribution in [1.29, 1.82) is 0 Å². The Hall–Kier alpha value is -6.99. The number of carbonyl (C=O) groups is 3. The van der Waals surface area contributed by atoms with Crippen LogP contribution in [0.2, 0.25) is 0 Å². The molecule has 4 N–H and O–H groups in total. The molecule has 240 valence electrons. The molecule has 0 aliphatic carbocycles. The highest BCUT2D eigenvalue weighted by Crippen LogP contribution is 2.43. The van der Waals surface area contributed by atoms with Gasteiger partial charge < -0.3 is 20.4 Å². The zero-order chi connectivity index (χ0) is 34.7. The number of hydrogen-bond acceptors (Lipinski definition) is 5. The van der Waals surface area contributed by atoms with Gasteiger partial charge in [0, 0.05) is 21.9 Å². The van der Waals surface area contributed by atoms with Crippen LogP contribution in [0.25, 0.3) is 65.3 Å². The lowest BCUT2D eigenvalue weighted by atomic mass is 9.83. The van der Waals surface area contributed by atoms with Crippen molar-refractivity contribution in [2.75, 3.05) is 0 Å². The van der Waals surface area contributed by atoms with Gasteiger partial charge in [-0.05, 0) is 91.0 Å². The van der Waals surface area contributed by atoms with Gasteiger partial charge in [-0.15, -0.1) is 0 Å². The van der Waals surface area contributed by atoms with Gasteiger partial charge >= 0.3 is 11.9 Å². The van der Waals surface area contributed by atoms with Crippen molar-refractivity contribution in [3.8, 4) is 33.8 Å². The first-order chi connectivity index (χ1) is 24.2. The van der Waals surface area contributed by atoms with Gasteiger partial charge in [-0.1, -0.05) is 97.1 Å². The molecule has 8 aromatic carbocycles. The molecule has 7 heteroatoms. The topological polar surface area (TPSA) is 132 Å². The Morgan fingerprint density at radius 3 is 1.20 bits per heavy atom. The van der Waals surface area contributed by atoms with Crippen LogP contribution in [0.15, 0.2) is 133 Å². The van der Waals surface area contributed by atoms with Crippen molar-refractivity contribution in [1.82, 2.24) is 0 Å². The third-order valence-electron chi connectivity index (χ3n) is 9.37. The van der Waals surface area contributed by atoms with Crippen LogP contribution in [0.5, 0.6) is 11.5 Å². The molecule has 0 bridgehead atoms. The van der Waals surface area contributed by atoms with Crippen molar-refractivity contribution in [3.63, 3.8) is 0 Å². The highest BCUT2D eigenvalue weighted by Gasteiger charge is 2.26. The summed E-state index contributed by atoms with van der Waals surface area (Å²) >= 11 is 0. The highest BCUT2D eigenvalue weighted by atomic mass is 16.4. The number of carboxylic acids is 2. The number of ketones is 1. The number of rotatable bonds is 6. The van der Waals surface area contributed by atoms with E-state index in [4.69, 9.17) is 0 Å². The van der Waals surface area contributed by atoms with E-state index in [-0.39, 0.29) is 28.4 Å². The summed E-state index contributed by atoms with van der Waals surface area (Å²) in [4.78, 5) is 39.1. The van der Waals surface area contributed by atoms with E-state index in [2.05, 4.69) is 0 Å². The predicted octanol–water partition coefficient (Wildman–Crippen LogP) is 9.67. The van der Waals surface area contributed by atoms with E-state index in [0.717, 1.165) is 10.8 Å². The lowest BCUT2D eigenvalue weighted by Gasteiger charge is -2.19. The SMILES string of the molecule is O=C(O)c1ccc2c(-c3ccc4ccccc4c3C(=O)c3c(-c4ccc(O)c5cc(C(=O)O)ccc45)ccc4ccccc34)ccc(O)c2c1. The summed E-state index contributed by atoms with van der Waals surface area (Å²) in [5.74, 6) is -2.68. The first-order valence-corrected chi connectivity index (χ1v) is 15.8. The summed E-state index contributed by atoms with van der Waals surface area (Å²) in [5.41, 5.74) is 3.37. The summed E-state index contributed by atoms with van der Waals surface area (Å²) < 4.78 is 0. The average molecular weight is 655 g/mol. The quantitative estimate of drug-likeness (QED) is 0.131. The summed E-state index contributed by atoms with van der Waals surface area (Å²) in [6.45, 7) is 0. The maximum absolute atomic E-state index is 15.5. The van der Waals surface area contributed by atoms with Crippen LogP contribution >= 0.6 is 0 Å². The largest absolute Gasteiger partial charge is 0.507 e. The number of fused-ring (bicyclic) bond motifs is 4. The van der Waals surface area contributed by atoms with Crippen LogP contribution in [0, 0.1) is 0 Å². The summed E-state index contributed by atoms with van der Waals surface area (Å²) in [6, 6.07) is 38.4. The van der Waals surface area contributed by atoms with Crippen molar-refractivity contribution in [3.05, 3.63) is 156 Å². The fourth-order valence-electron chi connectivity index (χ4n) is 7.01. The normalized spacial score (nSPS) is 11.4. The van der Waals surface area contributed by atoms with Gasteiger partial charge in [0.05, 0.1) is 11.1 Å². The Balaban J connectivity index is 1.45. The van der Waals surface area contributed by atoms with E-state index in [0.29, 0.717) is 65.7 Å². The van der Waals surface area contributed by atoms with Crippen LogP contribution in [0.1, 0.15) is 36.6 Å². The van der Waals surface area contributed by atoms with Gasteiger partial charge in [0.1, 0.15) is 11.5 Å². The first-order valence-electron chi connectivity index (χ1n) is 15.8. The molecular formula is C43H26O7. The van der Waals surface area contributed by atoms with E-state index in [1.807, 2.05) is 72.8 Å². The standard InChI is InChI=1S/C43H26O7/c44-37-19-17-29(31-13-11-25(42(47)48)21-35(31)37)33-15-9-23-5-1-3-7-27(23)39(33)41(46)40-28-8-4-2-6-24(28)10-16-34(40)30-18-20-38(45)36-22-26(43(49)50)12-14-32(30)36/h1-22,44-45H,(H,47,48)(H,49,50). The van der Waals surface area contributed by atoms with E-state index in [1.165, 1.54) is 36.4 Å². The minimum atomic E-state index is -1.12. The smallest absolute Gasteiger partial charge is 0.335 e. The maximum atomic E-state index is 15.5. The van der Waals surface area contributed by atoms with Gasteiger partial charge in [-0.25, -0.2) is 9.59 Å². The van der Waals surface area contributed by atoms with E-state index < -0.39 is 11.9 Å². The molecule has 0 unspecified atom stereocenters. The Bertz CT molecular complexity index is 2570. The van der Waals surface area contributed by atoms with Crippen LogP contribution in [-0.4, -0.2) is 38.1 Å². The molecule has 0 fully saturated rings. The molecule has 0 aromatic heterocycles. The monoisotopic (exact) mass is 654 g/mol. The third kappa shape index (κ3) is 4.79. The fourth-order valence-corrected chi connectivity index (χ4v) is 7.01. The second-order valence-corrected chi connectivity index (χ2v) is 12.1. The Kier molecular flexibility index (Phi) is 7.05. The van der Waals surface area contributed by atoms with E-state index in [9.17, 15) is 30.0 Å². The molecule has 0 saturated heterocycles. The zero-order valence-electron chi connectivity index (χ0n) is 26.2. The highest BCUT2D eigenvalue weighted by molar-refractivity contribution is 6.28. The number of aromatic hydroxyl groups is 2. The van der Waals surface area contributed by atoms with Crippen LogP contribution in [-0.2, 0) is 0 Å². The summed E-state index contributed by atoms with van der Waals surface area (Å²) in [7, 11) is 0. The molecule has 50 heavy (non-hydrogen) atoms. The van der Waals surface area contributed by atoms with Crippen LogP contribution in [0.4, 0.5) is 0 Å². The number of carbonyl (C=O) groups excluding carboxylic acids is 1. The van der Waals surface area contributed by atoms with E-state index in [1.54, 1.807) is 24.3 Å². The van der Waals surface area contributed by atoms with Crippen molar-refractivity contribution in [2.45, 2.75) is 0 Å². The second-order valence-electron chi connectivity index (χ2n) is 12.1. The van der Waals surface area contributed by atoms with Gasteiger partial charge in [0.25, 0.3) is 0 Å². The van der Waals surface area contributed by atoms with Gasteiger partial charge in [-0.2, -0.15) is 0 Å². The molecule has 0 saturated carbocycles. The average Bonchev–Trinajstić information content (AvgIpc) is 3.14. The van der Waals surface area contributed by atoms with Crippen molar-refractivity contribution < 1.29 is 34.8 Å². The molecule has 0 aliphatic rings. The molecule has 8 aromatic rings. The number of benzene rings is 8. The predicted molar refractivity (Wildman–Crippen MR) is 194 cm³/mol. The van der Waals surface area contributed by atoms with Crippen molar-refractivity contribution >= 4 is 60.8 Å². The molecule has 8 rings (SSSR count). The minimum absolute atomic E-state index is 0.0248. The Morgan fingerprint density at radius 1 is 0.380 bits per heavy atom. The first kappa shape index (κ1) is 30.4. The lowest BCUT2D eigenvalue weighted by Crippen LogP contribution is -2.08. The molecular weight excluding hydrogens is 628 g/mol. The number of hydrogen-bond donors (Lipinski definition) is 4. The molecule has 0 atom stereocenters. The number of phenolic OH excluding ortho intramolecular Hbond substituents is 2. The maximum Gasteiger partial charge on any atom is 0.335 e. The molecule has 0 heterocycles. The molecule has 0 aliphatic heterocycles. The van der Waals surface area contributed by atoms with Gasteiger partial charge in [0.15, 0.2) is 5.78 Å². The van der Waals surface area contributed by atoms with Crippen LogP contribution < -0.4 is 0 Å². The molecule has 7 nitrogen and oxygen atoms in total. The number of aromatic carboxylic acids is 2. The Labute approximate surface area is 284 Å². The Morgan fingerprint density at radius 2 is 0.780 bits per heavy atom. The van der Waals surface area contributed by atoms with Crippen molar-refractivity contribution in [2.24, 2.45) is 0 Å². The number of phenols is 2. The summed E-state index contributed by atoms with van der Waals surface area (Å²) in [6.07, 6.45) is 0. The fraction of sp³-hybridized carbons (Fsp3) is 0. The molecule has 0 spiro atoms. The second kappa shape index (κ2) is 11.6. The van der Waals surface area contributed by atoms with Crippen LogP contribution in [0.3, 0.4) is 0 Å². The summed E-state index contributed by atoms with van der Waals surface area (Å²) in [5, 5.41) is 45.8. The van der Waals surface area contributed by atoms with E-state index >= 15 is 4.79 Å². The number of carboxylic acid groups (broad SMARTS) is 2. The molecule has 0 radical (unpaired) electrons. The van der Waals surface area contributed by atoms with Gasteiger partial charge in [-0.3, -0.25) is 4.79 Å². The minimum Gasteiger partial charge on any atom is -0.507 e.